The van der Waals surface area contributed by atoms with Gasteiger partial charge in [0.15, 0.2) is 0 Å². The molecule has 0 fully saturated rings. The lowest BCUT2D eigenvalue weighted by Crippen LogP contribution is -1.97. The number of carboxylic acid groups (broad SMARTS) is 1. The topological polar surface area (TPSA) is 46.5 Å². The summed E-state index contributed by atoms with van der Waals surface area (Å²) in [5.74, 6) is -0.535. The van der Waals surface area contributed by atoms with Crippen LogP contribution in [-0.2, 0) is 4.74 Å². The minimum absolute atomic E-state index is 0.323. The van der Waals surface area contributed by atoms with Crippen molar-refractivity contribution in [1.29, 1.82) is 0 Å². The molecule has 0 unspecified atom stereocenters. The molecule has 0 spiro atoms. The standard InChI is InChI=1S/C13H16O3/c1-10(4-3-9-16-2)11-5-7-12(8-6-11)13(14)15/h3,5-10H,4H2,1-2H3,(H,14,15)/b9-3+/t10-/m0/s1. The van der Waals surface area contributed by atoms with E-state index in [9.17, 15) is 4.79 Å². The van der Waals surface area contributed by atoms with E-state index in [0.717, 1.165) is 12.0 Å². The number of carbonyl (C=O) groups is 1. The number of hydrogen-bond donors (Lipinski definition) is 1. The highest BCUT2D eigenvalue weighted by molar-refractivity contribution is 5.87. The van der Waals surface area contributed by atoms with E-state index in [1.165, 1.54) is 0 Å². The van der Waals surface area contributed by atoms with Crippen molar-refractivity contribution in [1.82, 2.24) is 0 Å². The highest BCUT2D eigenvalue weighted by atomic mass is 16.5. The first-order valence-electron chi connectivity index (χ1n) is 5.16. The first kappa shape index (κ1) is 12.3. The molecule has 0 aromatic heterocycles. The number of carboxylic acids is 1. The van der Waals surface area contributed by atoms with E-state index in [-0.39, 0.29) is 0 Å². The zero-order valence-corrected chi connectivity index (χ0v) is 9.51. The van der Waals surface area contributed by atoms with Gasteiger partial charge in [-0.3, -0.25) is 0 Å². The quantitative estimate of drug-likeness (QED) is 0.776. The SMILES string of the molecule is CO/C=C/C[C@H](C)c1ccc(C(=O)O)cc1. The van der Waals surface area contributed by atoms with Crippen LogP contribution in [0.2, 0.25) is 0 Å². The summed E-state index contributed by atoms with van der Waals surface area (Å²) < 4.78 is 4.82. The van der Waals surface area contributed by atoms with Crippen molar-refractivity contribution >= 4 is 5.97 Å². The van der Waals surface area contributed by atoms with E-state index in [1.54, 1.807) is 25.5 Å². The lowest BCUT2D eigenvalue weighted by Gasteiger charge is -2.09. The van der Waals surface area contributed by atoms with Crippen LogP contribution < -0.4 is 0 Å². The Morgan fingerprint density at radius 3 is 2.56 bits per heavy atom. The summed E-state index contributed by atoms with van der Waals surface area (Å²) in [6.45, 7) is 2.09. The molecule has 0 aliphatic carbocycles. The van der Waals surface area contributed by atoms with Gasteiger partial charge in [-0.15, -0.1) is 0 Å². The molecule has 0 bridgehead atoms. The number of aromatic carboxylic acids is 1. The van der Waals surface area contributed by atoms with Gasteiger partial charge in [0.2, 0.25) is 0 Å². The van der Waals surface area contributed by atoms with Gasteiger partial charge in [0, 0.05) is 0 Å². The summed E-state index contributed by atoms with van der Waals surface area (Å²) in [5.41, 5.74) is 1.45. The van der Waals surface area contributed by atoms with Gasteiger partial charge >= 0.3 is 5.97 Å². The Kier molecular flexibility index (Phi) is 4.58. The van der Waals surface area contributed by atoms with Crippen LogP contribution in [0, 0.1) is 0 Å². The minimum Gasteiger partial charge on any atom is -0.505 e. The molecule has 0 aliphatic heterocycles. The summed E-state index contributed by atoms with van der Waals surface area (Å²) in [7, 11) is 1.61. The summed E-state index contributed by atoms with van der Waals surface area (Å²) in [6, 6.07) is 6.98. The highest BCUT2D eigenvalue weighted by Crippen LogP contribution is 2.19. The number of ether oxygens (including phenoxy) is 1. The number of methoxy groups -OCH3 is 1. The van der Waals surface area contributed by atoms with Crippen LogP contribution in [0.1, 0.15) is 35.2 Å². The molecule has 1 aromatic carbocycles. The van der Waals surface area contributed by atoms with Crippen LogP contribution >= 0.6 is 0 Å². The van der Waals surface area contributed by atoms with Gasteiger partial charge in [0.05, 0.1) is 18.9 Å². The van der Waals surface area contributed by atoms with Crippen molar-refractivity contribution in [2.75, 3.05) is 7.11 Å². The van der Waals surface area contributed by atoms with Crippen LogP contribution in [0.4, 0.5) is 0 Å². The van der Waals surface area contributed by atoms with Crippen molar-refractivity contribution < 1.29 is 14.6 Å². The van der Waals surface area contributed by atoms with E-state index in [2.05, 4.69) is 6.92 Å². The number of benzene rings is 1. The molecular formula is C13H16O3. The summed E-state index contributed by atoms with van der Waals surface area (Å²) in [6.07, 6.45) is 4.48. The lowest BCUT2D eigenvalue weighted by atomic mass is 9.97. The molecule has 0 radical (unpaired) electrons. The Morgan fingerprint density at radius 2 is 2.06 bits per heavy atom. The molecule has 3 heteroatoms. The Bertz CT molecular complexity index is 365. The third-order valence-electron chi connectivity index (χ3n) is 2.45. The van der Waals surface area contributed by atoms with Crippen molar-refractivity contribution in [3.63, 3.8) is 0 Å². The first-order valence-corrected chi connectivity index (χ1v) is 5.16. The fourth-order valence-corrected chi connectivity index (χ4v) is 1.45. The third kappa shape index (κ3) is 3.42. The van der Waals surface area contributed by atoms with Crippen molar-refractivity contribution in [2.45, 2.75) is 19.3 Å². The van der Waals surface area contributed by atoms with Crippen LogP contribution in [0.3, 0.4) is 0 Å². The number of allylic oxidation sites excluding steroid dienone is 1. The van der Waals surface area contributed by atoms with E-state index >= 15 is 0 Å². The molecule has 0 aliphatic rings. The van der Waals surface area contributed by atoms with Crippen molar-refractivity contribution in [3.8, 4) is 0 Å². The molecule has 1 rings (SSSR count). The average Bonchev–Trinajstić information content (AvgIpc) is 2.29. The Labute approximate surface area is 95.4 Å². The largest absolute Gasteiger partial charge is 0.505 e. The van der Waals surface area contributed by atoms with E-state index in [1.807, 2.05) is 18.2 Å². The van der Waals surface area contributed by atoms with Gasteiger partial charge in [-0.05, 0) is 36.1 Å². The second kappa shape index (κ2) is 5.95. The van der Waals surface area contributed by atoms with Gasteiger partial charge in [0.25, 0.3) is 0 Å². The van der Waals surface area contributed by atoms with Crippen LogP contribution in [0.15, 0.2) is 36.6 Å². The van der Waals surface area contributed by atoms with E-state index in [0.29, 0.717) is 11.5 Å². The van der Waals surface area contributed by atoms with E-state index < -0.39 is 5.97 Å². The second-order valence-electron chi connectivity index (χ2n) is 3.67. The maximum Gasteiger partial charge on any atom is 0.335 e. The first-order chi connectivity index (χ1) is 7.65. The molecule has 1 N–H and O–H groups in total. The number of hydrogen-bond acceptors (Lipinski definition) is 2. The molecular weight excluding hydrogens is 204 g/mol. The fraction of sp³-hybridized carbons (Fsp3) is 0.308. The Balaban J connectivity index is 2.66. The maximum atomic E-state index is 10.7. The zero-order valence-electron chi connectivity index (χ0n) is 9.51. The molecule has 16 heavy (non-hydrogen) atoms. The zero-order chi connectivity index (χ0) is 12.0. The Hall–Kier alpha value is -1.77. The average molecular weight is 220 g/mol. The number of rotatable bonds is 5. The van der Waals surface area contributed by atoms with Gasteiger partial charge in [-0.2, -0.15) is 0 Å². The minimum atomic E-state index is -0.890. The summed E-state index contributed by atoms with van der Waals surface area (Å²) in [5, 5.41) is 8.76. The van der Waals surface area contributed by atoms with Crippen LogP contribution in [-0.4, -0.2) is 18.2 Å². The molecule has 0 saturated carbocycles. The van der Waals surface area contributed by atoms with Crippen molar-refractivity contribution in [3.05, 3.63) is 47.7 Å². The highest BCUT2D eigenvalue weighted by Gasteiger charge is 2.06. The van der Waals surface area contributed by atoms with Gasteiger partial charge in [-0.1, -0.05) is 19.1 Å². The predicted molar refractivity (Wildman–Crippen MR) is 62.6 cm³/mol. The lowest BCUT2D eigenvalue weighted by molar-refractivity contribution is 0.0697. The monoisotopic (exact) mass is 220 g/mol. The third-order valence-corrected chi connectivity index (χ3v) is 2.45. The van der Waals surface area contributed by atoms with Crippen molar-refractivity contribution in [2.24, 2.45) is 0 Å². The molecule has 0 amide bonds. The fourth-order valence-electron chi connectivity index (χ4n) is 1.45. The van der Waals surface area contributed by atoms with Crippen LogP contribution in [0.25, 0.3) is 0 Å². The molecule has 0 heterocycles. The molecule has 0 saturated heterocycles. The normalized spacial score (nSPS) is 12.6. The van der Waals surface area contributed by atoms with Gasteiger partial charge in [-0.25, -0.2) is 4.79 Å². The molecule has 3 nitrogen and oxygen atoms in total. The Morgan fingerprint density at radius 1 is 1.44 bits per heavy atom. The second-order valence-corrected chi connectivity index (χ2v) is 3.67. The summed E-state index contributed by atoms with van der Waals surface area (Å²) >= 11 is 0. The molecule has 1 aromatic rings. The predicted octanol–water partition coefficient (Wildman–Crippen LogP) is 3.04. The summed E-state index contributed by atoms with van der Waals surface area (Å²) in [4.78, 5) is 10.7. The van der Waals surface area contributed by atoms with Gasteiger partial charge in [0.1, 0.15) is 0 Å². The van der Waals surface area contributed by atoms with Crippen LogP contribution in [0.5, 0.6) is 0 Å². The molecule has 1 atom stereocenters. The molecule has 86 valence electrons. The smallest absolute Gasteiger partial charge is 0.335 e. The van der Waals surface area contributed by atoms with E-state index in [4.69, 9.17) is 9.84 Å². The van der Waals surface area contributed by atoms with Gasteiger partial charge < -0.3 is 9.84 Å². The maximum absolute atomic E-state index is 10.7.